The Labute approximate surface area is 116 Å². The van der Waals surface area contributed by atoms with Crippen molar-refractivity contribution in [3.05, 3.63) is 23.8 Å². The van der Waals surface area contributed by atoms with Crippen LogP contribution in [-0.2, 0) is 6.54 Å². The molecular weight excluding hydrogens is 250 g/mol. The molecule has 4 heteroatoms. The Balaban J connectivity index is 0.00000289. The van der Waals surface area contributed by atoms with Gasteiger partial charge in [-0.05, 0) is 19.0 Å². The molecule has 3 nitrogen and oxygen atoms in total. The Morgan fingerprint density at radius 2 is 1.89 bits per heavy atom. The lowest BCUT2D eigenvalue weighted by Gasteiger charge is -2.13. The first-order chi connectivity index (χ1) is 8.33. The van der Waals surface area contributed by atoms with Gasteiger partial charge in [-0.2, -0.15) is 0 Å². The van der Waals surface area contributed by atoms with Crippen molar-refractivity contribution in [3.8, 4) is 11.5 Å². The van der Waals surface area contributed by atoms with E-state index in [1.807, 2.05) is 12.1 Å². The van der Waals surface area contributed by atoms with E-state index in [9.17, 15) is 0 Å². The van der Waals surface area contributed by atoms with Crippen LogP contribution in [0.5, 0.6) is 11.5 Å². The molecule has 0 bridgehead atoms. The molecule has 1 aromatic rings. The fraction of sp³-hybridized carbons (Fsp3) is 0.571. The molecule has 0 aliphatic heterocycles. The Morgan fingerprint density at radius 1 is 1.11 bits per heavy atom. The second-order valence-electron chi connectivity index (χ2n) is 4.04. The summed E-state index contributed by atoms with van der Waals surface area (Å²) < 4.78 is 10.6. The predicted octanol–water partition coefficient (Wildman–Crippen LogP) is 3.41. The van der Waals surface area contributed by atoms with Crippen LogP contribution in [0.1, 0.15) is 31.7 Å². The summed E-state index contributed by atoms with van der Waals surface area (Å²) in [5, 5.41) is 3.43. The molecule has 0 saturated carbocycles. The van der Waals surface area contributed by atoms with Gasteiger partial charge in [-0.3, -0.25) is 0 Å². The minimum atomic E-state index is 0. The van der Waals surface area contributed by atoms with E-state index in [4.69, 9.17) is 9.47 Å². The monoisotopic (exact) mass is 273 g/mol. The second-order valence-corrected chi connectivity index (χ2v) is 4.04. The van der Waals surface area contributed by atoms with Crippen LogP contribution in [0.15, 0.2) is 18.2 Å². The second kappa shape index (κ2) is 10.0. The topological polar surface area (TPSA) is 30.5 Å². The van der Waals surface area contributed by atoms with Crippen molar-refractivity contribution in [2.75, 3.05) is 20.8 Å². The molecule has 0 unspecified atom stereocenters. The lowest BCUT2D eigenvalue weighted by atomic mass is 10.1. The molecule has 0 radical (unpaired) electrons. The summed E-state index contributed by atoms with van der Waals surface area (Å²) in [6.45, 7) is 4.09. The average molecular weight is 274 g/mol. The summed E-state index contributed by atoms with van der Waals surface area (Å²) in [5.41, 5.74) is 1.14. The highest BCUT2D eigenvalue weighted by Crippen LogP contribution is 2.30. The van der Waals surface area contributed by atoms with Gasteiger partial charge in [-0.25, -0.2) is 0 Å². The molecule has 0 aliphatic rings. The third kappa shape index (κ3) is 5.15. The first-order valence-electron chi connectivity index (χ1n) is 6.24. The zero-order valence-corrected chi connectivity index (χ0v) is 12.3. The number of methoxy groups -OCH3 is 2. The summed E-state index contributed by atoms with van der Waals surface area (Å²) in [5.74, 6) is 1.62. The molecule has 0 amide bonds. The molecule has 0 aromatic heterocycles. The summed E-state index contributed by atoms with van der Waals surface area (Å²) >= 11 is 0. The number of hydrogen-bond acceptors (Lipinski definition) is 3. The zero-order valence-electron chi connectivity index (χ0n) is 11.5. The number of para-hydroxylation sites is 1. The largest absolute Gasteiger partial charge is 0.493 e. The van der Waals surface area contributed by atoms with Crippen molar-refractivity contribution < 1.29 is 9.47 Å². The maximum Gasteiger partial charge on any atom is 0.165 e. The van der Waals surface area contributed by atoms with Gasteiger partial charge >= 0.3 is 0 Å². The summed E-state index contributed by atoms with van der Waals surface area (Å²) in [6.07, 6.45) is 3.76. The maximum absolute atomic E-state index is 5.38. The van der Waals surface area contributed by atoms with E-state index in [-0.39, 0.29) is 12.4 Å². The van der Waals surface area contributed by atoms with Crippen molar-refractivity contribution in [2.45, 2.75) is 32.7 Å². The molecule has 0 atom stereocenters. The van der Waals surface area contributed by atoms with E-state index in [0.717, 1.165) is 30.2 Å². The van der Waals surface area contributed by atoms with Gasteiger partial charge in [0, 0.05) is 12.1 Å². The SMILES string of the molecule is CCCCCNCc1cccc(OC)c1OC.Cl. The van der Waals surface area contributed by atoms with Gasteiger partial charge in [0.1, 0.15) is 0 Å². The van der Waals surface area contributed by atoms with Gasteiger partial charge in [0.25, 0.3) is 0 Å². The van der Waals surface area contributed by atoms with Crippen molar-refractivity contribution in [2.24, 2.45) is 0 Å². The van der Waals surface area contributed by atoms with Gasteiger partial charge in [0.15, 0.2) is 11.5 Å². The normalized spacial score (nSPS) is 9.72. The highest BCUT2D eigenvalue weighted by atomic mass is 35.5. The standard InChI is InChI=1S/C14H23NO2.ClH/c1-4-5-6-10-15-11-12-8-7-9-13(16-2)14(12)17-3;/h7-9,15H,4-6,10-11H2,1-3H3;1H. The van der Waals surface area contributed by atoms with Crippen molar-refractivity contribution in [1.29, 1.82) is 0 Å². The Hall–Kier alpha value is -0.930. The Bertz CT molecular complexity index is 332. The van der Waals surface area contributed by atoms with E-state index in [1.165, 1.54) is 19.3 Å². The predicted molar refractivity (Wildman–Crippen MR) is 78.0 cm³/mol. The van der Waals surface area contributed by atoms with E-state index < -0.39 is 0 Å². The fourth-order valence-electron chi connectivity index (χ4n) is 1.82. The Kier molecular flexibility index (Phi) is 9.52. The van der Waals surface area contributed by atoms with Gasteiger partial charge in [-0.15, -0.1) is 12.4 Å². The van der Waals surface area contributed by atoms with Crippen molar-refractivity contribution in [1.82, 2.24) is 5.32 Å². The van der Waals surface area contributed by atoms with Crippen LogP contribution in [-0.4, -0.2) is 20.8 Å². The molecule has 1 N–H and O–H groups in total. The van der Waals surface area contributed by atoms with Crippen LogP contribution < -0.4 is 14.8 Å². The third-order valence-corrected chi connectivity index (χ3v) is 2.76. The van der Waals surface area contributed by atoms with Crippen LogP contribution in [0.4, 0.5) is 0 Å². The van der Waals surface area contributed by atoms with Crippen molar-refractivity contribution >= 4 is 12.4 Å². The first kappa shape index (κ1) is 17.1. The number of ether oxygens (including phenoxy) is 2. The number of hydrogen-bond donors (Lipinski definition) is 1. The van der Waals surface area contributed by atoms with Crippen LogP contribution >= 0.6 is 12.4 Å². The van der Waals surface area contributed by atoms with E-state index >= 15 is 0 Å². The minimum absolute atomic E-state index is 0. The third-order valence-electron chi connectivity index (χ3n) is 2.76. The molecule has 1 rings (SSSR count). The lowest BCUT2D eigenvalue weighted by molar-refractivity contribution is 0.350. The van der Waals surface area contributed by atoms with Gasteiger partial charge < -0.3 is 14.8 Å². The molecule has 1 aromatic carbocycles. The van der Waals surface area contributed by atoms with E-state index in [2.05, 4.69) is 18.3 Å². The number of benzene rings is 1. The smallest absolute Gasteiger partial charge is 0.165 e. The Morgan fingerprint density at radius 3 is 2.50 bits per heavy atom. The van der Waals surface area contributed by atoms with Gasteiger partial charge in [0.05, 0.1) is 14.2 Å². The van der Waals surface area contributed by atoms with E-state index in [0.29, 0.717) is 0 Å². The fourth-order valence-corrected chi connectivity index (χ4v) is 1.82. The van der Waals surface area contributed by atoms with Crippen LogP contribution in [0.3, 0.4) is 0 Å². The van der Waals surface area contributed by atoms with Crippen LogP contribution in [0, 0.1) is 0 Å². The highest BCUT2D eigenvalue weighted by molar-refractivity contribution is 5.85. The summed E-state index contributed by atoms with van der Waals surface area (Å²) in [6, 6.07) is 5.97. The van der Waals surface area contributed by atoms with Crippen molar-refractivity contribution in [3.63, 3.8) is 0 Å². The minimum Gasteiger partial charge on any atom is -0.493 e. The van der Waals surface area contributed by atoms with E-state index in [1.54, 1.807) is 14.2 Å². The quantitative estimate of drug-likeness (QED) is 0.737. The number of nitrogens with one attached hydrogen (secondary N) is 1. The molecule has 0 spiro atoms. The summed E-state index contributed by atoms with van der Waals surface area (Å²) in [7, 11) is 3.34. The molecule has 0 heterocycles. The van der Waals surface area contributed by atoms with Crippen LogP contribution in [0.25, 0.3) is 0 Å². The number of halogens is 1. The average Bonchev–Trinajstić information content (AvgIpc) is 2.38. The molecule has 18 heavy (non-hydrogen) atoms. The molecule has 0 saturated heterocycles. The molecule has 104 valence electrons. The first-order valence-corrected chi connectivity index (χ1v) is 6.24. The lowest BCUT2D eigenvalue weighted by Crippen LogP contribution is -2.15. The molecule has 0 fully saturated rings. The van der Waals surface area contributed by atoms with Gasteiger partial charge in [-0.1, -0.05) is 31.9 Å². The van der Waals surface area contributed by atoms with Crippen LogP contribution in [0.2, 0.25) is 0 Å². The number of rotatable bonds is 8. The zero-order chi connectivity index (χ0) is 12.5. The highest BCUT2D eigenvalue weighted by Gasteiger charge is 2.08. The van der Waals surface area contributed by atoms with Gasteiger partial charge in [0.2, 0.25) is 0 Å². The molecule has 0 aliphatic carbocycles. The summed E-state index contributed by atoms with van der Waals surface area (Å²) in [4.78, 5) is 0. The maximum atomic E-state index is 5.38. The molecular formula is C14H24ClNO2. The number of unbranched alkanes of at least 4 members (excludes halogenated alkanes) is 2.